The highest BCUT2D eigenvalue weighted by Gasteiger charge is 2.39. The molecule has 172 valence electrons. The number of amides is 1. The minimum Gasteiger partial charge on any atom is -0.497 e. The molecule has 0 spiro atoms. The number of hydrogen-bond donors (Lipinski definition) is 2. The average molecular weight is 465 g/mol. The van der Waals surface area contributed by atoms with Crippen molar-refractivity contribution in [1.82, 2.24) is 9.62 Å². The molecule has 0 bridgehead atoms. The lowest BCUT2D eigenvalue weighted by Gasteiger charge is -2.34. The summed E-state index contributed by atoms with van der Waals surface area (Å²) in [6, 6.07) is 9.05. The molecule has 10 heteroatoms. The van der Waals surface area contributed by atoms with Crippen LogP contribution in [-0.2, 0) is 26.0 Å². The molecule has 1 aliphatic heterocycles. The van der Waals surface area contributed by atoms with Crippen LogP contribution >= 0.6 is 0 Å². The van der Waals surface area contributed by atoms with Crippen molar-refractivity contribution in [2.24, 2.45) is 0 Å². The molecule has 32 heavy (non-hydrogen) atoms. The number of methoxy groups -OCH3 is 1. The maximum atomic E-state index is 13.6. The molecule has 1 aliphatic rings. The minimum atomic E-state index is -4.13. The van der Waals surface area contributed by atoms with Crippen molar-refractivity contribution in [3.05, 3.63) is 59.9 Å². The predicted molar refractivity (Wildman–Crippen MR) is 114 cm³/mol. The first kappa shape index (κ1) is 23.7. The van der Waals surface area contributed by atoms with Crippen LogP contribution in [0.5, 0.6) is 5.75 Å². The molecule has 2 aromatic carbocycles. The van der Waals surface area contributed by atoms with Crippen molar-refractivity contribution in [3.63, 3.8) is 0 Å². The number of hydrogen-bond acceptors (Lipinski definition) is 5. The molecule has 1 fully saturated rings. The number of carboxylic acid groups (broad SMARTS) is 1. The van der Waals surface area contributed by atoms with Crippen LogP contribution < -0.4 is 10.1 Å². The van der Waals surface area contributed by atoms with Crippen LogP contribution in [0.15, 0.2) is 53.4 Å². The Kier molecular flexibility index (Phi) is 7.47. The van der Waals surface area contributed by atoms with E-state index >= 15 is 0 Å². The Balaban J connectivity index is 1.78. The number of benzene rings is 2. The number of rotatable bonds is 8. The number of carbonyl (C=O) groups is 2. The van der Waals surface area contributed by atoms with Crippen LogP contribution in [0, 0.1) is 5.82 Å². The van der Waals surface area contributed by atoms with Gasteiger partial charge in [-0.1, -0.05) is 24.6 Å². The SMILES string of the molecule is COc1ccc(C[C@H](NC(=O)[C@@H]2CCCCN2S(=O)(=O)c2cccc(F)c2)C(=O)O)cc1. The smallest absolute Gasteiger partial charge is 0.326 e. The second kappa shape index (κ2) is 10.1. The van der Waals surface area contributed by atoms with Gasteiger partial charge in [0.15, 0.2) is 0 Å². The first-order valence-corrected chi connectivity index (χ1v) is 11.6. The van der Waals surface area contributed by atoms with E-state index in [9.17, 15) is 27.5 Å². The fourth-order valence-electron chi connectivity index (χ4n) is 3.68. The summed E-state index contributed by atoms with van der Waals surface area (Å²) >= 11 is 0. The van der Waals surface area contributed by atoms with Gasteiger partial charge >= 0.3 is 5.97 Å². The molecule has 0 aromatic heterocycles. The normalized spacial score (nSPS) is 18.0. The van der Waals surface area contributed by atoms with Gasteiger partial charge in [-0.25, -0.2) is 17.6 Å². The molecule has 1 amide bonds. The van der Waals surface area contributed by atoms with E-state index in [-0.39, 0.29) is 24.3 Å². The van der Waals surface area contributed by atoms with E-state index < -0.39 is 39.8 Å². The molecule has 0 unspecified atom stereocenters. The molecule has 2 N–H and O–H groups in total. The summed E-state index contributed by atoms with van der Waals surface area (Å²) in [5, 5.41) is 12.1. The molecule has 1 saturated heterocycles. The van der Waals surface area contributed by atoms with Crippen molar-refractivity contribution in [2.45, 2.75) is 42.7 Å². The molecular formula is C22H25FN2O6S. The third kappa shape index (κ3) is 5.43. The fourth-order valence-corrected chi connectivity index (χ4v) is 5.37. The molecule has 2 aromatic rings. The number of carboxylic acids is 1. The van der Waals surface area contributed by atoms with Gasteiger partial charge in [-0.05, 0) is 48.7 Å². The van der Waals surface area contributed by atoms with Crippen LogP contribution in [0.3, 0.4) is 0 Å². The van der Waals surface area contributed by atoms with Gasteiger partial charge in [-0.3, -0.25) is 4.79 Å². The van der Waals surface area contributed by atoms with Crippen molar-refractivity contribution >= 4 is 21.9 Å². The Morgan fingerprint density at radius 2 is 1.94 bits per heavy atom. The van der Waals surface area contributed by atoms with Gasteiger partial charge < -0.3 is 15.2 Å². The summed E-state index contributed by atoms with van der Waals surface area (Å²) in [7, 11) is -2.61. The zero-order valence-electron chi connectivity index (χ0n) is 17.5. The van der Waals surface area contributed by atoms with Crippen LogP contribution in [0.4, 0.5) is 4.39 Å². The first-order chi connectivity index (χ1) is 15.2. The molecular weight excluding hydrogens is 439 g/mol. The van der Waals surface area contributed by atoms with E-state index in [0.29, 0.717) is 24.2 Å². The zero-order chi connectivity index (χ0) is 23.3. The molecule has 2 atom stereocenters. The van der Waals surface area contributed by atoms with Crippen molar-refractivity contribution < 1.29 is 32.2 Å². The number of nitrogens with zero attached hydrogens (tertiary/aromatic N) is 1. The lowest BCUT2D eigenvalue weighted by Crippen LogP contribution is -2.55. The maximum Gasteiger partial charge on any atom is 0.326 e. The van der Waals surface area contributed by atoms with Gasteiger partial charge in [0.25, 0.3) is 0 Å². The summed E-state index contributed by atoms with van der Waals surface area (Å²) in [6.07, 6.45) is 1.43. The molecule has 8 nitrogen and oxygen atoms in total. The molecule has 0 radical (unpaired) electrons. The van der Waals surface area contributed by atoms with Gasteiger partial charge in [0.1, 0.15) is 23.7 Å². The van der Waals surface area contributed by atoms with E-state index in [1.165, 1.54) is 19.2 Å². The third-order valence-corrected chi connectivity index (χ3v) is 7.28. The highest BCUT2D eigenvalue weighted by atomic mass is 32.2. The fraction of sp³-hybridized carbons (Fsp3) is 0.364. The van der Waals surface area contributed by atoms with Crippen LogP contribution in [0.1, 0.15) is 24.8 Å². The largest absolute Gasteiger partial charge is 0.497 e. The predicted octanol–water partition coefficient (Wildman–Crippen LogP) is 2.19. The van der Waals surface area contributed by atoms with Gasteiger partial charge in [0, 0.05) is 13.0 Å². The number of aliphatic carboxylic acids is 1. The monoisotopic (exact) mass is 464 g/mol. The van der Waals surface area contributed by atoms with E-state index in [1.807, 2.05) is 0 Å². The highest BCUT2D eigenvalue weighted by Crippen LogP contribution is 2.26. The van der Waals surface area contributed by atoms with E-state index in [0.717, 1.165) is 16.4 Å². The van der Waals surface area contributed by atoms with Crippen molar-refractivity contribution in [3.8, 4) is 5.75 Å². The Morgan fingerprint density at radius 3 is 2.56 bits per heavy atom. The van der Waals surface area contributed by atoms with Crippen LogP contribution in [-0.4, -0.2) is 55.4 Å². The van der Waals surface area contributed by atoms with Crippen molar-refractivity contribution in [1.29, 1.82) is 0 Å². The second-order valence-corrected chi connectivity index (χ2v) is 9.43. The van der Waals surface area contributed by atoms with E-state index in [2.05, 4.69) is 5.32 Å². The quantitative estimate of drug-likeness (QED) is 0.619. The standard InChI is InChI=1S/C22H25FN2O6S/c1-31-17-10-8-15(9-11-17)13-19(22(27)28)24-21(26)20-7-2-3-12-25(20)32(29,30)18-6-4-5-16(23)14-18/h4-6,8-11,14,19-20H,2-3,7,12-13H2,1H3,(H,24,26)(H,27,28)/t19-,20-/m0/s1. The number of sulfonamides is 1. The van der Waals surface area contributed by atoms with Gasteiger partial charge in [-0.2, -0.15) is 4.31 Å². The minimum absolute atomic E-state index is 0.0223. The number of nitrogens with one attached hydrogen (secondary N) is 1. The molecule has 0 saturated carbocycles. The number of carbonyl (C=O) groups excluding carboxylic acids is 1. The number of piperidine rings is 1. The Hall–Kier alpha value is -2.98. The van der Waals surface area contributed by atoms with Crippen molar-refractivity contribution in [2.75, 3.05) is 13.7 Å². The number of ether oxygens (including phenoxy) is 1. The van der Waals surface area contributed by atoms with Gasteiger partial charge in [-0.15, -0.1) is 0 Å². The Morgan fingerprint density at radius 1 is 1.22 bits per heavy atom. The highest BCUT2D eigenvalue weighted by molar-refractivity contribution is 7.89. The Labute approximate surface area is 186 Å². The first-order valence-electron chi connectivity index (χ1n) is 10.2. The lowest BCUT2D eigenvalue weighted by atomic mass is 10.0. The summed E-state index contributed by atoms with van der Waals surface area (Å²) in [5.74, 6) is -2.00. The summed E-state index contributed by atoms with van der Waals surface area (Å²) in [4.78, 5) is 24.5. The summed E-state index contributed by atoms with van der Waals surface area (Å²) in [5.41, 5.74) is 0.673. The summed E-state index contributed by atoms with van der Waals surface area (Å²) < 4.78 is 45.9. The van der Waals surface area contributed by atoms with E-state index in [4.69, 9.17) is 4.74 Å². The average Bonchev–Trinajstić information content (AvgIpc) is 2.79. The topological polar surface area (TPSA) is 113 Å². The molecule has 0 aliphatic carbocycles. The Bertz CT molecular complexity index is 1070. The zero-order valence-corrected chi connectivity index (χ0v) is 18.3. The van der Waals surface area contributed by atoms with E-state index in [1.54, 1.807) is 24.3 Å². The molecule has 3 rings (SSSR count). The third-order valence-electron chi connectivity index (χ3n) is 5.37. The molecule has 1 heterocycles. The van der Waals surface area contributed by atoms with Gasteiger partial charge in [0.2, 0.25) is 15.9 Å². The lowest BCUT2D eigenvalue weighted by molar-refractivity contribution is -0.142. The maximum absolute atomic E-state index is 13.6. The van der Waals surface area contributed by atoms with Crippen LogP contribution in [0.25, 0.3) is 0 Å². The number of halogens is 1. The van der Waals surface area contributed by atoms with Gasteiger partial charge in [0.05, 0.1) is 12.0 Å². The summed E-state index contributed by atoms with van der Waals surface area (Å²) in [6.45, 7) is 0.0904. The second-order valence-electron chi connectivity index (χ2n) is 7.54. The van der Waals surface area contributed by atoms with Crippen LogP contribution in [0.2, 0.25) is 0 Å².